The Hall–Kier alpha value is -2.73. The molecule has 4 unspecified atom stereocenters. The molecule has 0 saturated carbocycles. The van der Waals surface area contributed by atoms with E-state index < -0.39 is 42.4 Å². The van der Waals surface area contributed by atoms with Gasteiger partial charge in [-0.1, -0.05) is 0 Å². The van der Waals surface area contributed by atoms with Gasteiger partial charge in [0, 0.05) is 13.0 Å². The van der Waals surface area contributed by atoms with Crippen LogP contribution in [-0.4, -0.2) is 88.6 Å². The minimum atomic E-state index is -1.36. The molecule has 186 valence electrons. The summed E-state index contributed by atoms with van der Waals surface area (Å²) in [5.74, 6) is -3.77. The van der Waals surface area contributed by atoms with Crippen LogP contribution in [0.1, 0.15) is 57.8 Å². The Morgan fingerprint density at radius 2 is 1.70 bits per heavy atom. The molecule has 0 aromatic rings. The fourth-order valence-corrected chi connectivity index (χ4v) is 4.23. The van der Waals surface area contributed by atoms with Gasteiger partial charge in [-0.3, -0.25) is 19.2 Å². The predicted molar refractivity (Wildman–Crippen MR) is 117 cm³/mol. The van der Waals surface area contributed by atoms with Crippen LogP contribution in [0.5, 0.6) is 0 Å². The van der Waals surface area contributed by atoms with Gasteiger partial charge in [-0.2, -0.15) is 0 Å². The summed E-state index contributed by atoms with van der Waals surface area (Å²) >= 11 is 0. The van der Waals surface area contributed by atoms with Gasteiger partial charge in [-0.25, -0.2) is 4.79 Å². The largest absolute Gasteiger partial charge is 0.481 e. The highest BCUT2D eigenvalue weighted by Crippen LogP contribution is 2.21. The van der Waals surface area contributed by atoms with Crippen molar-refractivity contribution in [3.63, 3.8) is 0 Å². The van der Waals surface area contributed by atoms with Crippen molar-refractivity contribution in [2.24, 2.45) is 5.73 Å². The van der Waals surface area contributed by atoms with Crippen LogP contribution in [0.3, 0.4) is 0 Å². The van der Waals surface area contributed by atoms with Crippen LogP contribution in [0.25, 0.3) is 0 Å². The number of rotatable bonds is 13. The third-order valence-electron chi connectivity index (χ3n) is 6.04. The van der Waals surface area contributed by atoms with E-state index in [9.17, 15) is 29.1 Å². The first-order valence-corrected chi connectivity index (χ1v) is 11.5. The van der Waals surface area contributed by atoms with Crippen molar-refractivity contribution in [1.29, 1.82) is 0 Å². The Labute approximate surface area is 192 Å². The van der Waals surface area contributed by atoms with Gasteiger partial charge in [0.1, 0.15) is 18.1 Å². The van der Waals surface area contributed by atoms with Crippen LogP contribution in [0.2, 0.25) is 0 Å². The fraction of sp³-hybridized carbons (Fsp3) is 0.762. The van der Waals surface area contributed by atoms with Gasteiger partial charge in [-0.05, 0) is 64.5 Å². The van der Waals surface area contributed by atoms with E-state index in [1.54, 1.807) is 0 Å². The maximum absolute atomic E-state index is 13.3. The molecule has 0 aliphatic carbocycles. The topological polar surface area (TPSA) is 191 Å². The smallest absolute Gasteiger partial charge is 0.326 e. The summed E-state index contributed by atoms with van der Waals surface area (Å²) in [4.78, 5) is 62.3. The lowest BCUT2D eigenvalue weighted by Gasteiger charge is -2.30. The monoisotopic (exact) mass is 469 g/mol. The highest BCUT2D eigenvalue weighted by molar-refractivity contribution is 5.94. The maximum Gasteiger partial charge on any atom is 0.326 e. The van der Waals surface area contributed by atoms with Gasteiger partial charge in [0.25, 0.3) is 0 Å². The molecule has 0 spiro atoms. The molecule has 2 aliphatic rings. The van der Waals surface area contributed by atoms with E-state index in [2.05, 4.69) is 16.0 Å². The third kappa shape index (κ3) is 7.97. The number of nitrogens with zero attached hydrogens (tertiary/aromatic N) is 1. The zero-order chi connectivity index (χ0) is 24.4. The van der Waals surface area contributed by atoms with Gasteiger partial charge in [0.05, 0.1) is 6.04 Å². The van der Waals surface area contributed by atoms with E-state index >= 15 is 0 Å². The quantitative estimate of drug-likeness (QED) is 0.179. The predicted octanol–water partition coefficient (Wildman–Crippen LogP) is -1.22. The molecule has 33 heavy (non-hydrogen) atoms. The van der Waals surface area contributed by atoms with E-state index in [4.69, 9.17) is 10.8 Å². The van der Waals surface area contributed by atoms with Crippen LogP contribution in [-0.2, 0) is 24.0 Å². The lowest BCUT2D eigenvalue weighted by atomic mass is 10.1. The van der Waals surface area contributed by atoms with E-state index in [1.165, 1.54) is 4.90 Å². The maximum atomic E-state index is 13.3. The minimum Gasteiger partial charge on any atom is -0.481 e. The minimum absolute atomic E-state index is 0.251. The van der Waals surface area contributed by atoms with Crippen molar-refractivity contribution in [2.45, 2.75) is 82.0 Å². The number of carbonyl (C=O) groups excluding carboxylic acids is 3. The van der Waals surface area contributed by atoms with Crippen molar-refractivity contribution in [3.05, 3.63) is 0 Å². The molecular weight excluding hydrogens is 434 g/mol. The molecule has 0 bridgehead atoms. The summed E-state index contributed by atoms with van der Waals surface area (Å²) in [5, 5.41) is 26.4. The van der Waals surface area contributed by atoms with Crippen LogP contribution in [0, 0.1) is 0 Å². The molecule has 0 radical (unpaired) electrons. The fourth-order valence-electron chi connectivity index (χ4n) is 4.23. The molecule has 2 rings (SSSR count). The Bertz CT molecular complexity index is 726. The van der Waals surface area contributed by atoms with Crippen molar-refractivity contribution < 1.29 is 34.2 Å². The third-order valence-corrected chi connectivity index (χ3v) is 6.04. The SMILES string of the molecule is NCCCCC(NC(=O)C1CCCN1)C(=O)N1CCCC1C(=O)NC(CCC(=O)O)C(=O)O. The number of amides is 3. The van der Waals surface area contributed by atoms with Gasteiger partial charge in [0.15, 0.2) is 0 Å². The van der Waals surface area contributed by atoms with Gasteiger partial charge >= 0.3 is 11.9 Å². The molecule has 3 amide bonds. The molecule has 0 aromatic carbocycles. The second-order valence-corrected chi connectivity index (χ2v) is 8.52. The number of nitrogens with two attached hydrogens (primary N) is 1. The standard InChI is InChI=1S/C21H35N5O7/c22-10-2-1-5-14(24-18(29)13-6-3-11-23-13)20(31)26-12-4-7-16(26)19(30)25-15(21(32)33)8-9-17(27)28/h13-16,23H,1-12,22H2,(H,24,29)(H,25,30)(H,27,28)(H,32,33). The van der Waals surface area contributed by atoms with Crippen LogP contribution in [0.4, 0.5) is 0 Å². The van der Waals surface area contributed by atoms with Crippen molar-refractivity contribution >= 4 is 29.7 Å². The second-order valence-electron chi connectivity index (χ2n) is 8.52. The molecule has 2 aliphatic heterocycles. The first kappa shape index (κ1) is 26.5. The number of nitrogens with one attached hydrogen (secondary N) is 3. The summed E-state index contributed by atoms with van der Waals surface area (Å²) in [7, 11) is 0. The molecule has 2 saturated heterocycles. The van der Waals surface area contributed by atoms with E-state index in [0.717, 1.165) is 13.0 Å². The number of hydrogen-bond acceptors (Lipinski definition) is 7. The first-order chi connectivity index (χ1) is 15.7. The Balaban J connectivity index is 2.06. The summed E-state index contributed by atoms with van der Waals surface area (Å²) in [6.45, 7) is 1.51. The molecule has 2 fully saturated rings. The lowest BCUT2D eigenvalue weighted by Crippen LogP contribution is -2.56. The number of carbonyl (C=O) groups is 5. The zero-order valence-corrected chi connectivity index (χ0v) is 18.8. The van der Waals surface area contributed by atoms with Gasteiger partial charge in [0.2, 0.25) is 17.7 Å². The first-order valence-electron chi connectivity index (χ1n) is 11.5. The summed E-state index contributed by atoms with van der Waals surface area (Å²) < 4.78 is 0. The molecular formula is C21H35N5O7. The van der Waals surface area contributed by atoms with Crippen LogP contribution < -0.4 is 21.7 Å². The molecule has 7 N–H and O–H groups in total. The Kier molecular flexibility index (Phi) is 10.5. The van der Waals surface area contributed by atoms with Gasteiger partial charge in [-0.15, -0.1) is 0 Å². The molecule has 4 atom stereocenters. The van der Waals surface area contributed by atoms with E-state index in [1.807, 2.05) is 0 Å². The summed E-state index contributed by atoms with van der Waals surface area (Å²) in [6.07, 6.45) is 3.53. The molecule has 12 heteroatoms. The second kappa shape index (κ2) is 13.1. The van der Waals surface area contributed by atoms with Crippen LogP contribution in [0.15, 0.2) is 0 Å². The molecule has 2 heterocycles. The number of aliphatic carboxylic acids is 2. The van der Waals surface area contributed by atoms with Crippen molar-refractivity contribution in [1.82, 2.24) is 20.9 Å². The highest BCUT2D eigenvalue weighted by atomic mass is 16.4. The zero-order valence-electron chi connectivity index (χ0n) is 18.8. The lowest BCUT2D eigenvalue weighted by molar-refractivity contribution is -0.145. The number of carboxylic acid groups (broad SMARTS) is 2. The number of likely N-dealkylation sites (tertiary alicyclic amines) is 1. The average molecular weight is 470 g/mol. The highest BCUT2D eigenvalue weighted by Gasteiger charge is 2.39. The summed E-state index contributed by atoms with van der Waals surface area (Å²) in [5.41, 5.74) is 5.56. The van der Waals surface area contributed by atoms with Crippen LogP contribution >= 0.6 is 0 Å². The number of unbranched alkanes of at least 4 members (excludes halogenated alkanes) is 1. The Morgan fingerprint density at radius 3 is 2.30 bits per heavy atom. The average Bonchev–Trinajstić information content (AvgIpc) is 3.47. The normalized spacial score (nSPS) is 21.9. The molecule has 12 nitrogen and oxygen atoms in total. The van der Waals surface area contributed by atoms with Gasteiger partial charge < -0.3 is 36.8 Å². The molecule has 0 aromatic heterocycles. The van der Waals surface area contributed by atoms with E-state index in [-0.39, 0.29) is 24.3 Å². The number of hydrogen-bond donors (Lipinski definition) is 6. The van der Waals surface area contributed by atoms with Crippen molar-refractivity contribution in [3.8, 4) is 0 Å². The van der Waals surface area contributed by atoms with E-state index in [0.29, 0.717) is 51.6 Å². The Morgan fingerprint density at radius 1 is 0.970 bits per heavy atom. The number of carboxylic acids is 2. The van der Waals surface area contributed by atoms with Crippen molar-refractivity contribution in [2.75, 3.05) is 19.6 Å². The summed E-state index contributed by atoms with van der Waals surface area (Å²) in [6, 6.07) is -3.39.